The molecule has 4 nitrogen and oxygen atoms in total. The zero-order valence-electron chi connectivity index (χ0n) is 8.69. The Balaban J connectivity index is 2.51. The summed E-state index contributed by atoms with van der Waals surface area (Å²) in [4.78, 5) is 15.6. The molecule has 1 amide bonds. The van der Waals surface area contributed by atoms with Crippen molar-refractivity contribution in [3.05, 3.63) is 0 Å². The van der Waals surface area contributed by atoms with E-state index in [0.29, 0.717) is 11.5 Å². The number of rotatable bonds is 3. The molecule has 80 valence electrons. The van der Waals surface area contributed by atoms with Crippen molar-refractivity contribution in [3.63, 3.8) is 0 Å². The molecule has 0 aromatic rings. The van der Waals surface area contributed by atoms with E-state index in [4.69, 9.17) is 18.0 Å². The van der Waals surface area contributed by atoms with E-state index in [0.717, 1.165) is 19.4 Å². The number of likely N-dealkylation sites (N-methyl/N-ethyl adjacent to an activating group) is 1. The van der Waals surface area contributed by atoms with Crippen LogP contribution in [0.1, 0.15) is 12.8 Å². The van der Waals surface area contributed by atoms with Crippen molar-refractivity contribution in [1.82, 2.24) is 9.80 Å². The molecule has 0 radical (unpaired) electrons. The maximum Gasteiger partial charge on any atom is 0.236 e. The lowest BCUT2D eigenvalue weighted by atomic mass is 10.2. The highest BCUT2D eigenvalue weighted by molar-refractivity contribution is 7.80. The minimum absolute atomic E-state index is 0.105. The molecule has 2 N–H and O–H groups in total. The fourth-order valence-electron chi connectivity index (χ4n) is 1.65. The van der Waals surface area contributed by atoms with Crippen molar-refractivity contribution in [1.29, 1.82) is 0 Å². The Labute approximate surface area is 90.0 Å². The Morgan fingerprint density at radius 1 is 1.64 bits per heavy atom. The molecule has 1 fully saturated rings. The summed E-state index contributed by atoms with van der Waals surface area (Å²) < 4.78 is 0. The molecular formula is C9H17N3OS. The maximum atomic E-state index is 11.5. The molecule has 0 aromatic heterocycles. The summed E-state index contributed by atoms with van der Waals surface area (Å²) in [6, 6.07) is 0.119. The monoisotopic (exact) mass is 215 g/mol. The SMILES string of the molecule is CN(C)C(=O)CN1CCCC1C(N)=S. The average Bonchev–Trinajstić information content (AvgIpc) is 2.52. The quantitative estimate of drug-likeness (QED) is 0.664. The second kappa shape index (κ2) is 4.70. The summed E-state index contributed by atoms with van der Waals surface area (Å²) in [5.74, 6) is 0.105. The molecule has 0 spiro atoms. The zero-order chi connectivity index (χ0) is 10.7. The normalized spacial score (nSPS) is 22.3. The minimum Gasteiger partial charge on any atom is -0.392 e. The van der Waals surface area contributed by atoms with Crippen LogP contribution in [0.15, 0.2) is 0 Å². The molecule has 1 rings (SSSR count). The number of carbonyl (C=O) groups excluding carboxylic acids is 1. The fourth-order valence-corrected chi connectivity index (χ4v) is 1.92. The van der Waals surface area contributed by atoms with Crippen molar-refractivity contribution in [3.8, 4) is 0 Å². The van der Waals surface area contributed by atoms with Crippen LogP contribution in [0.4, 0.5) is 0 Å². The Morgan fingerprint density at radius 3 is 2.79 bits per heavy atom. The first kappa shape index (κ1) is 11.4. The molecule has 0 aliphatic carbocycles. The predicted molar refractivity (Wildman–Crippen MR) is 60.1 cm³/mol. The van der Waals surface area contributed by atoms with Crippen molar-refractivity contribution in [2.45, 2.75) is 18.9 Å². The average molecular weight is 215 g/mol. The van der Waals surface area contributed by atoms with Crippen molar-refractivity contribution in [2.24, 2.45) is 5.73 Å². The lowest BCUT2D eigenvalue weighted by molar-refractivity contribution is -0.129. The van der Waals surface area contributed by atoms with E-state index in [1.807, 2.05) is 0 Å². The van der Waals surface area contributed by atoms with Gasteiger partial charge in [0.2, 0.25) is 5.91 Å². The fraction of sp³-hybridized carbons (Fsp3) is 0.778. The number of amides is 1. The number of hydrogen-bond donors (Lipinski definition) is 1. The van der Waals surface area contributed by atoms with Crippen LogP contribution in [-0.2, 0) is 4.79 Å². The molecule has 1 atom stereocenters. The Morgan fingerprint density at radius 2 is 2.29 bits per heavy atom. The molecule has 1 aliphatic rings. The summed E-state index contributed by atoms with van der Waals surface area (Å²) in [5.41, 5.74) is 5.60. The highest BCUT2D eigenvalue weighted by Crippen LogP contribution is 2.16. The number of hydrogen-bond acceptors (Lipinski definition) is 3. The van der Waals surface area contributed by atoms with Gasteiger partial charge in [0.1, 0.15) is 0 Å². The van der Waals surface area contributed by atoms with Crippen LogP contribution in [0, 0.1) is 0 Å². The molecule has 0 bridgehead atoms. The highest BCUT2D eigenvalue weighted by atomic mass is 32.1. The van der Waals surface area contributed by atoms with Crippen LogP contribution in [0.2, 0.25) is 0 Å². The maximum absolute atomic E-state index is 11.5. The summed E-state index contributed by atoms with van der Waals surface area (Å²) in [6.45, 7) is 1.34. The van der Waals surface area contributed by atoms with Crippen LogP contribution in [0.3, 0.4) is 0 Å². The van der Waals surface area contributed by atoms with Crippen LogP contribution < -0.4 is 5.73 Å². The number of thiocarbonyl (C=S) groups is 1. The second-order valence-corrected chi connectivity index (χ2v) is 4.29. The first-order chi connectivity index (χ1) is 6.52. The van der Waals surface area contributed by atoms with Crippen molar-refractivity contribution < 1.29 is 4.79 Å². The molecule has 5 heteroatoms. The molecule has 1 aliphatic heterocycles. The smallest absolute Gasteiger partial charge is 0.236 e. The molecule has 0 aromatic carbocycles. The third-order valence-electron chi connectivity index (χ3n) is 2.53. The summed E-state index contributed by atoms with van der Waals surface area (Å²) in [6.07, 6.45) is 2.05. The van der Waals surface area contributed by atoms with Gasteiger partial charge in [-0.15, -0.1) is 0 Å². The molecule has 1 unspecified atom stereocenters. The lowest BCUT2D eigenvalue weighted by Gasteiger charge is -2.24. The highest BCUT2D eigenvalue weighted by Gasteiger charge is 2.28. The molecular weight excluding hydrogens is 198 g/mol. The van der Waals surface area contributed by atoms with Gasteiger partial charge in [0.05, 0.1) is 17.6 Å². The third-order valence-corrected chi connectivity index (χ3v) is 2.80. The Hall–Kier alpha value is -0.680. The van der Waals surface area contributed by atoms with Gasteiger partial charge in [-0.25, -0.2) is 0 Å². The van der Waals surface area contributed by atoms with E-state index < -0.39 is 0 Å². The van der Waals surface area contributed by atoms with Gasteiger partial charge in [-0.3, -0.25) is 9.69 Å². The molecule has 14 heavy (non-hydrogen) atoms. The summed E-state index contributed by atoms with van der Waals surface area (Å²) in [7, 11) is 3.52. The van der Waals surface area contributed by atoms with E-state index in [1.165, 1.54) is 0 Å². The van der Waals surface area contributed by atoms with E-state index >= 15 is 0 Å². The van der Waals surface area contributed by atoms with Gasteiger partial charge in [0.15, 0.2) is 0 Å². The zero-order valence-corrected chi connectivity index (χ0v) is 9.51. The van der Waals surface area contributed by atoms with E-state index in [9.17, 15) is 4.79 Å². The molecule has 0 saturated carbocycles. The van der Waals surface area contributed by atoms with E-state index in [1.54, 1.807) is 19.0 Å². The van der Waals surface area contributed by atoms with Crippen LogP contribution in [0.5, 0.6) is 0 Å². The summed E-state index contributed by atoms with van der Waals surface area (Å²) in [5, 5.41) is 0. The first-order valence-corrected chi connectivity index (χ1v) is 5.16. The van der Waals surface area contributed by atoms with Gasteiger partial charge in [-0.1, -0.05) is 12.2 Å². The summed E-state index contributed by atoms with van der Waals surface area (Å²) >= 11 is 4.96. The molecule has 1 saturated heterocycles. The topological polar surface area (TPSA) is 49.6 Å². The Kier molecular flexibility index (Phi) is 3.83. The third kappa shape index (κ3) is 2.65. The van der Waals surface area contributed by atoms with Crippen molar-refractivity contribution in [2.75, 3.05) is 27.2 Å². The van der Waals surface area contributed by atoms with Gasteiger partial charge in [0.25, 0.3) is 0 Å². The first-order valence-electron chi connectivity index (χ1n) is 4.76. The second-order valence-electron chi connectivity index (χ2n) is 3.82. The number of nitrogens with two attached hydrogens (primary N) is 1. The molecule has 1 heterocycles. The van der Waals surface area contributed by atoms with Crippen LogP contribution in [-0.4, -0.2) is 53.9 Å². The van der Waals surface area contributed by atoms with Gasteiger partial charge >= 0.3 is 0 Å². The van der Waals surface area contributed by atoms with Gasteiger partial charge in [-0.2, -0.15) is 0 Å². The largest absolute Gasteiger partial charge is 0.392 e. The number of likely N-dealkylation sites (tertiary alicyclic amines) is 1. The van der Waals surface area contributed by atoms with Crippen LogP contribution in [0.25, 0.3) is 0 Å². The van der Waals surface area contributed by atoms with Gasteiger partial charge in [0, 0.05) is 14.1 Å². The van der Waals surface area contributed by atoms with Gasteiger partial charge < -0.3 is 10.6 Å². The van der Waals surface area contributed by atoms with Gasteiger partial charge in [-0.05, 0) is 19.4 Å². The number of nitrogens with zero attached hydrogens (tertiary/aromatic N) is 2. The van der Waals surface area contributed by atoms with E-state index in [-0.39, 0.29) is 11.9 Å². The standard InChI is InChI=1S/C9H17N3OS/c1-11(2)8(13)6-12-5-3-4-7(12)9(10)14/h7H,3-6H2,1-2H3,(H2,10,14). The van der Waals surface area contributed by atoms with Crippen LogP contribution >= 0.6 is 12.2 Å². The lowest BCUT2D eigenvalue weighted by Crippen LogP contribution is -2.44. The van der Waals surface area contributed by atoms with Crippen molar-refractivity contribution >= 4 is 23.1 Å². The number of carbonyl (C=O) groups is 1. The predicted octanol–water partition coefficient (Wildman–Crippen LogP) is -0.175. The Bertz CT molecular complexity index is 242. The van der Waals surface area contributed by atoms with E-state index in [2.05, 4.69) is 4.90 Å². The minimum atomic E-state index is 0.105.